The Morgan fingerprint density at radius 3 is 2.71 bits per heavy atom. The van der Waals surface area contributed by atoms with E-state index in [9.17, 15) is 4.79 Å². The predicted octanol–water partition coefficient (Wildman–Crippen LogP) is 4.80. The lowest BCUT2D eigenvalue weighted by molar-refractivity contribution is -0.116. The Balaban J connectivity index is 1.64. The van der Waals surface area contributed by atoms with Crippen LogP contribution in [-0.2, 0) is 11.4 Å². The van der Waals surface area contributed by atoms with Gasteiger partial charge in [-0.25, -0.2) is 0 Å². The minimum Gasteiger partial charge on any atom is -0.489 e. The molecule has 0 radical (unpaired) electrons. The van der Waals surface area contributed by atoms with Gasteiger partial charge in [0.1, 0.15) is 12.4 Å². The predicted molar refractivity (Wildman–Crippen MR) is 96.6 cm³/mol. The first-order valence-electron chi connectivity index (χ1n) is 7.94. The Morgan fingerprint density at radius 1 is 1.04 bits per heavy atom. The summed E-state index contributed by atoms with van der Waals surface area (Å²) in [6.45, 7) is 0.522. The second kappa shape index (κ2) is 6.49. The first-order valence-corrected chi connectivity index (χ1v) is 8.82. The fourth-order valence-electron chi connectivity index (χ4n) is 3.06. The monoisotopic (exact) mass is 335 g/mol. The minimum absolute atomic E-state index is 0.0562. The molecule has 0 bridgehead atoms. The van der Waals surface area contributed by atoms with Crippen molar-refractivity contribution in [3.8, 4) is 5.75 Å². The highest BCUT2D eigenvalue weighted by molar-refractivity contribution is 7.10. The molecular formula is C20H17NO2S. The summed E-state index contributed by atoms with van der Waals surface area (Å²) < 4.78 is 6.08. The van der Waals surface area contributed by atoms with Crippen molar-refractivity contribution >= 4 is 22.9 Å². The van der Waals surface area contributed by atoms with Crippen LogP contribution in [0.5, 0.6) is 5.75 Å². The number of hydrogen-bond donors (Lipinski definition) is 1. The van der Waals surface area contributed by atoms with Gasteiger partial charge in [-0.3, -0.25) is 4.79 Å². The second-order valence-corrected chi connectivity index (χ2v) is 6.76. The van der Waals surface area contributed by atoms with E-state index in [0.717, 1.165) is 22.6 Å². The number of anilines is 1. The lowest BCUT2D eigenvalue weighted by Gasteiger charge is -2.24. The lowest BCUT2D eigenvalue weighted by atomic mass is 9.90. The average Bonchev–Trinajstić information content (AvgIpc) is 3.09. The number of rotatable bonds is 4. The zero-order chi connectivity index (χ0) is 16.4. The molecule has 0 saturated carbocycles. The third-order valence-corrected chi connectivity index (χ3v) is 5.24. The molecule has 2 heterocycles. The molecular weight excluding hydrogens is 318 g/mol. The Hall–Kier alpha value is -2.59. The van der Waals surface area contributed by atoms with Gasteiger partial charge >= 0.3 is 0 Å². The van der Waals surface area contributed by atoms with Crippen molar-refractivity contribution in [2.45, 2.75) is 18.9 Å². The molecule has 3 nitrogen and oxygen atoms in total. The second-order valence-electron chi connectivity index (χ2n) is 5.82. The number of carbonyl (C=O) groups excluding carboxylic acids is 1. The summed E-state index contributed by atoms with van der Waals surface area (Å²) in [5, 5.41) is 4.97. The van der Waals surface area contributed by atoms with Crippen LogP contribution in [0.15, 0.2) is 66.0 Å². The van der Waals surface area contributed by atoms with E-state index >= 15 is 0 Å². The van der Waals surface area contributed by atoms with Gasteiger partial charge in [-0.05, 0) is 23.1 Å². The average molecular weight is 335 g/mol. The Kier molecular flexibility index (Phi) is 4.05. The maximum absolute atomic E-state index is 12.1. The number of hydrogen-bond acceptors (Lipinski definition) is 3. The minimum atomic E-state index is 0.0562. The van der Waals surface area contributed by atoms with E-state index in [1.807, 2.05) is 60.0 Å². The smallest absolute Gasteiger partial charge is 0.225 e. The molecule has 120 valence electrons. The van der Waals surface area contributed by atoms with E-state index in [1.165, 1.54) is 4.88 Å². The molecule has 0 spiro atoms. The summed E-state index contributed by atoms with van der Waals surface area (Å²) >= 11 is 1.68. The number of benzene rings is 2. The number of carbonyl (C=O) groups is 1. The molecule has 0 saturated heterocycles. The molecule has 2 aromatic carbocycles. The fraction of sp³-hybridized carbons (Fsp3) is 0.150. The molecule has 0 fully saturated rings. The topological polar surface area (TPSA) is 38.3 Å². The van der Waals surface area contributed by atoms with Crippen LogP contribution < -0.4 is 10.1 Å². The molecule has 1 N–H and O–H groups in total. The number of thiophene rings is 1. The van der Waals surface area contributed by atoms with E-state index in [-0.39, 0.29) is 11.8 Å². The molecule has 0 aliphatic carbocycles. The number of amides is 1. The summed E-state index contributed by atoms with van der Waals surface area (Å²) in [5.41, 5.74) is 3.14. The van der Waals surface area contributed by atoms with E-state index in [2.05, 4.69) is 11.4 Å². The third-order valence-electron chi connectivity index (χ3n) is 4.21. The van der Waals surface area contributed by atoms with Gasteiger partial charge in [0.25, 0.3) is 0 Å². The highest BCUT2D eigenvalue weighted by Gasteiger charge is 2.29. The number of fused-ring (bicyclic) bond motifs is 1. The Morgan fingerprint density at radius 2 is 1.83 bits per heavy atom. The van der Waals surface area contributed by atoms with Crippen molar-refractivity contribution < 1.29 is 9.53 Å². The number of ether oxygens (including phenoxy) is 1. The van der Waals surface area contributed by atoms with Gasteiger partial charge in [-0.15, -0.1) is 11.3 Å². The standard InChI is InChI=1S/C20H17NO2S/c22-19-12-16(20-17(21-19)10-11-24-20)15-8-4-5-9-18(15)23-13-14-6-2-1-3-7-14/h1-11,16H,12-13H2,(H,21,22). The van der Waals surface area contributed by atoms with Gasteiger partial charge in [0.15, 0.2) is 0 Å². The van der Waals surface area contributed by atoms with E-state index in [0.29, 0.717) is 13.0 Å². The largest absolute Gasteiger partial charge is 0.489 e. The van der Waals surface area contributed by atoms with Gasteiger partial charge in [-0.2, -0.15) is 0 Å². The first kappa shape index (κ1) is 15.0. The van der Waals surface area contributed by atoms with Crippen LogP contribution in [0.1, 0.15) is 28.3 Å². The molecule has 4 heteroatoms. The molecule has 1 amide bonds. The normalized spacial score (nSPS) is 16.3. The molecule has 3 aromatic rings. The molecule has 4 rings (SSSR count). The number of nitrogens with one attached hydrogen (secondary N) is 1. The summed E-state index contributed by atoms with van der Waals surface area (Å²) in [5.74, 6) is 0.963. The summed E-state index contributed by atoms with van der Waals surface area (Å²) in [7, 11) is 0. The van der Waals surface area contributed by atoms with Crippen LogP contribution in [0.3, 0.4) is 0 Å². The van der Waals surface area contributed by atoms with Crippen LogP contribution in [0.2, 0.25) is 0 Å². The van der Waals surface area contributed by atoms with Gasteiger partial charge in [0.05, 0.1) is 5.69 Å². The van der Waals surface area contributed by atoms with E-state index in [1.54, 1.807) is 11.3 Å². The quantitative estimate of drug-likeness (QED) is 0.743. The zero-order valence-corrected chi connectivity index (χ0v) is 13.9. The van der Waals surface area contributed by atoms with Crippen molar-refractivity contribution in [1.82, 2.24) is 0 Å². The molecule has 1 unspecified atom stereocenters. The Bertz CT molecular complexity index is 857. The van der Waals surface area contributed by atoms with Crippen LogP contribution in [-0.4, -0.2) is 5.91 Å². The molecule has 24 heavy (non-hydrogen) atoms. The highest BCUT2D eigenvalue weighted by atomic mass is 32.1. The summed E-state index contributed by atoms with van der Waals surface area (Å²) in [6.07, 6.45) is 0.458. The van der Waals surface area contributed by atoms with E-state index < -0.39 is 0 Å². The van der Waals surface area contributed by atoms with Crippen molar-refractivity contribution in [3.05, 3.63) is 82.0 Å². The summed E-state index contributed by atoms with van der Waals surface area (Å²) in [6, 6.07) is 20.1. The van der Waals surface area contributed by atoms with Crippen LogP contribution in [0.25, 0.3) is 0 Å². The fourth-order valence-corrected chi connectivity index (χ4v) is 4.03. The maximum atomic E-state index is 12.1. The van der Waals surface area contributed by atoms with Gasteiger partial charge < -0.3 is 10.1 Å². The molecule has 1 aliphatic heterocycles. The first-order chi connectivity index (χ1) is 11.8. The van der Waals surface area contributed by atoms with Crippen molar-refractivity contribution in [2.75, 3.05) is 5.32 Å². The summed E-state index contributed by atoms with van der Waals surface area (Å²) in [4.78, 5) is 13.3. The van der Waals surface area contributed by atoms with Crippen LogP contribution >= 0.6 is 11.3 Å². The van der Waals surface area contributed by atoms with Crippen molar-refractivity contribution in [2.24, 2.45) is 0 Å². The van der Waals surface area contributed by atoms with E-state index in [4.69, 9.17) is 4.74 Å². The lowest BCUT2D eigenvalue weighted by Crippen LogP contribution is -2.22. The maximum Gasteiger partial charge on any atom is 0.225 e. The van der Waals surface area contributed by atoms with Crippen LogP contribution in [0.4, 0.5) is 5.69 Å². The van der Waals surface area contributed by atoms with Gasteiger partial charge in [0, 0.05) is 22.8 Å². The number of para-hydroxylation sites is 1. The van der Waals surface area contributed by atoms with Crippen molar-refractivity contribution in [3.63, 3.8) is 0 Å². The SMILES string of the molecule is O=C1CC(c2ccccc2OCc2ccccc2)c2sccc2N1. The van der Waals surface area contributed by atoms with Crippen molar-refractivity contribution in [1.29, 1.82) is 0 Å². The Labute approximate surface area is 144 Å². The van der Waals surface area contributed by atoms with Crippen LogP contribution in [0, 0.1) is 0 Å². The zero-order valence-electron chi connectivity index (χ0n) is 13.1. The highest BCUT2D eigenvalue weighted by Crippen LogP contribution is 2.43. The molecule has 1 aromatic heterocycles. The third kappa shape index (κ3) is 2.93. The molecule has 1 aliphatic rings. The van der Waals surface area contributed by atoms with Gasteiger partial charge in [0.2, 0.25) is 5.91 Å². The molecule has 1 atom stereocenters. The van der Waals surface area contributed by atoms with Gasteiger partial charge in [-0.1, -0.05) is 48.5 Å².